The number of carbonyl (C=O) groups is 1. The van der Waals surface area contributed by atoms with E-state index in [1.807, 2.05) is 18.2 Å². The highest BCUT2D eigenvalue weighted by molar-refractivity contribution is 5.77. The summed E-state index contributed by atoms with van der Waals surface area (Å²) in [5, 5.41) is 3.48. The molecule has 25 heavy (non-hydrogen) atoms. The normalized spacial score (nSPS) is 10.8. The molecule has 0 aliphatic rings. The minimum absolute atomic E-state index is 0.0623. The number of hydrogen-bond acceptors (Lipinski definition) is 3. The lowest BCUT2D eigenvalue weighted by molar-refractivity contribution is -0.121. The Balaban J connectivity index is 1.52. The SMILES string of the molecule is Cc1cccc(CCNC(=O)CCn2cnc3ccccc3c2=O)c1. The summed E-state index contributed by atoms with van der Waals surface area (Å²) in [6.45, 7) is 2.97. The fraction of sp³-hybridized carbons (Fsp3) is 0.250. The van der Waals surface area contributed by atoms with Crippen LogP contribution in [0, 0.1) is 6.92 Å². The van der Waals surface area contributed by atoms with Gasteiger partial charge in [-0.1, -0.05) is 42.0 Å². The predicted molar refractivity (Wildman–Crippen MR) is 98.5 cm³/mol. The molecule has 128 valence electrons. The maximum atomic E-state index is 12.4. The Morgan fingerprint density at radius 2 is 2.00 bits per heavy atom. The van der Waals surface area contributed by atoms with Crippen LogP contribution in [0.4, 0.5) is 0 Å². The van der Waals surface area contributed by atoms with Crippen LogP contribution in [-0.2, 0) is 17.8 Å². The first-order chi connectivity index (χ1) is 12.1. The Morgan fingerprint density at radius 1 is 1.16 bits per heavy atom. The lowest BCUT2D eigenvalue weighted by Gasteiger charge is -2.08. The predicted octanol–water partition coefficient (Wildman–Crippen LogP) is 2.45. The highest BCUT2D eigenvalue weighted by atomic mass is 16.1. The Morgan fingerprint density at radius 3 is 2.84 bits per heavy atom. The highest BCUT2D eigenvalue weighted by Crippen LogP contribution is 2.05. The van der Waals surface area contributed by atoms with Crippen LogP contribution in [0.3, 0.4) is 0 Å². The van der Waals surface area contributed by atoms with E-state index < -0.39 is 0 Å². The van der Waals surface area contributed by atoms with Gasteiger partial charge in [-0.05, 0) is 31.0 Å². The number of aromatic nitrogens is 2. The van der Waals surface area contributed by atoms with Crippen LogP contribution in [0.1, 0.15) is 17.5 Å². The number of nitrogens with one attached hydrogen (secondary N) is 1. The summed E-state index contributed by atoms with van der Waals surface area (Å²) in [6.07, 6.45) is 2.56. The third-order valence-corrected chi connectivity index (χ3v) is 4.13. The van der Waals surface area contributed by atoms with Gasteiger partial charge in [-0.3, -0.25) is 14.2 Å². The molecule has 5 nitrogen and oxygen atoms in total. The molecule has 1 amide bonds. The van der Waals surface area contributed by atoms with Crippen molar-refractivity contribution in [2.24, 2.45) is 0 Å². The largest absolute Gasteiger partial charge is 0.356 e. The minimum atomic E-state index is -0.113. The number of hydrogen-bond donors (Lipinski definition) is 1. The van der Waals surface area contributed by atoms with E-state index in [0.717, 1.165) is 6.42 Å². The van der Waals surface area contributed by atoms with Gasteiger partial charge in [-0.15, -0.1) is 0 Å². The van der Waals surface area contributed by atoms with E-state index in [4.69, 9.17) is 0 Å². The summed E-state index contributed by atoms with van der Waals surface area (Å²) in [6, 6.07) is 15.5. The smallest absolute Gasteiger partial charge is 0.261 e. The van der Waals surface area contributed by atoms with Crippen molar-refractivity contribution in [2.75, 3.05) is 6.54 Å². The van der Waals surface area contributed by atoms with E-state index in [0.29, 0.717) is 24.0 Å². The molecule has 3 rings (SSSR count). The molecule has 0 unspecified atom stereocenters. The van der Waals surface area contributed by atoms with Gasteiger partial charge in [0.05, 0.1) is 17.2 Å². The van der Waals surface area contributed by atoms with Crippen LogP contribution in [0.5, 0.6) is 0 Å². The molecule has 0 fully saturated rings. The zero-order valence-corrected chi connectivity index (χ0v) is 14.2. The zero-order chi connectivity index (χ0) is 17.6. The second kappa shape index (κ2) is 7.75. The van der Waals surface area contributed by atoms with Gasteiger partial charge in [0.1, 0.15) is 0 Å². The summed E-state index contributed by atoms with van der Waals surface area (Å²) in [5.74, 6) is -0.0623. The molecule has 1 aromatic heterocycles. The highest BCUT2D eigenvalue weighted by Gasteiger charge is 2.06. The average Bonchev–Trinajstić information content (AvgIpc) is 2.61. The van der Waals surface area contributed by atoms with Crippen molar-refractivity contribution < 1.29 is 4.79 Å². The van der Waals surface area contributed by atoms with Gasteiger partial charge in [-0.25, -0.2) is 4.98 Å². The third-order valence-electron chi connectivity index (χ3n) is 4.13. The Kier molecular flexibility index (Phi) is 5.23. The van der Waals surface area contributed by atoms with E-state index in [2.05, 4.69) is 35.4 Å². The first kappa shape index (κ1) is 16.9. The standard InChI is InChI=1S/C20H21N3O2/c1-15-5-4-6-16(13-15)9-11-21-19(24)10-12-23-14-22-18-8-3-2-7-17(18)20(23)25/h2-8,13-14H,9-12H2,1H3,(H,21,24). The number of rotatable bonds is 6. The van der Waals surface area contributed by atoms with E-state index in [9.17, 15) is 9.59 Å². The summed E-state index contributed by atoms with van der Waals surface area (Å²) in [5.41, 5.74) is 2.98. The molecule has 0 aliphatic carbocycles. The van der Waals surface area contributed by atoms with Crippen LogP contribution < -0.4 is 10.9 Å². The molecule has 0 bridgehead atoms. The second-order valence-electron chi connectivity index (χ2n) is 6.10. The van der Waals surface area contributed by atoms with Gasteiger partial charge in [0.2, 0.25) is 5.91 Å². The molecule has 2 aromatic carbocycles. The van der Waals surface area contributed by atoms with Gasteiger partial charge < -0.3 is 5.32 Å². The van der Waals surface area contributed by atoms with Gasteiger partial charge in [0.15, 0.2) is 0 Å². The molecule has 0 saturated heterocycles. The van der Waals surface area contributed by atoms with E-state index >= 15 is 0 Å². The first-order valence-corrected chi connectivity index (χ1v) is 8.40. The van der Waals surface area contributed by atoms with Crippen molar-refractivity contribution in [3.63, 3.8) is 0 Å². The van der Waals surface area contributed by atoms with E-state index in [-0.39, 0.29) is 17.9 Å². The average molecular weight is 335 g/mol. The molecule has 3 aromatic rings. The van der Waals surface area contributed by atoms with Gasteiger partial charge in [0, 0.05) is 19.5 Å². The van der Waals surface area contributed by atoms with E-state index in [1.54, 1.807) is 12.1 Å². The minimum Gasteiger partial charge on any atom is -0.356 e. The molecule has 0 radical (unpaired) electrons. The van der Waals surface area contributed by atoms with E-state index in [1.165, 1.54) is 22.0 Å². The Labute approximate surface area is 146 Å². The summed E-state index contributed by atoms with van der Waals surface area (Å²) in [7, 11) is 0. The molecule has 1 heterocycles. The molecule has 0 aliphatic heterocycles. The van der Waals surface area contributed by atoms with Crippen LogP contribution in [0.15, 0.2) is 59.7 Å². The molecule has 0 atom stereocenters. The van der Waals surface area contributed by atoms with Gasteiger partial charge in [0.25, 0.3) is 5.56 Å². The fourth-order valence-corrected chi connectivity index (χ4v) is 2.79. The summed E-state index contributed by atoms with van der Waals surface area (Å²) in [4.78, 5) is 28.6. The van der Waals surface area contributed by atoms with Crippen molar-refractivity contribution >= 4 is 16.8 Å². The summed E-state index contributed by atoms with van der Waals surface area (Å²) >= 11 is 0. The molecule has 5 heteroatoms. The number of carbonyl (C=O) groups excluding carboxylic acids is 1. The number of benzene rings is 2. The topological polar surface area (TPSA) is 64.0 Å². The molecular weight excluding hydrogens is 314 g/mol. The van der Waals surface area contributed by atoms with Gasteiger partial charge in [-0.2, -0.15) is 0 Å². The number of fused-ring (bicyclic) bond motifs is 1. The first-order valence-electron chi connectivity index (χ1n) is 8.40. The lowest BCUT2D eigenvalue weighted by atomic mass is 10.1. The van der Waals surface area contributed by atoms with Crippen molar-refractivity contribution in [1.82, 2.24) is 14.9 Å². The summed E-state index contributed by atoms with van der Waals surface area (Å²) < 4.78 is 1.49. The van der Waals surface area contributed by atoms with Crippen LogP contribution >= 0.6 is 0 Å². The van der Waals surface area contributed by atoms with Crippen molar-refractivity contribution in [3.05, 3.63) is 76.3 Å². The van der Waals surface area contributed by atoms with Crippen molar-refractivity contribution in [2.45, 2.75) is 26.3 Å². The third kappa shape index (κ3) is 4.32. The molecule has 0 spiro atoms. The molecular formula is C20H21N3O2. The number of nitrogens with zero attached hydrogens (tertiary/aromatic N) is 2. The molecule has 0 saturated carbocycles. The zero-order valence-electron chi connectivity index (χ0n) is 14.2. The number of para-hydroxylation sites is 1. The van der Waals surface area contributed by atoms with Crippen LogP contribution in [0.25, 0.3) is 10.9 Å². The van der Waals surface area contributed by atoms with Gasteiger partial charge >= 0.3 is 0 Å². The quantitative estimate of drug-likeness (QED) is 0.752. The fourth-order valence-electron chi connectivity index (χ4n) is 2.79. The monoisotopic (exact) mass is 335 g/mol. The van der Waals surface area contributed by atoms with Crippen molar-refractivity contribution in [3.8, 4) is 0 Å². The van der Waals surface area contributed by atoms with Crippen LogP contribution in [-0.4, -0.2) is 22.0 Å². The van der Waals surface area contributed by atoms with Crippen molar-refractivity contribution in [1.29, 1.82) is 0 Å². The second-order valence-corrected chi connectivity index (χ2v) is 6.10. The number of aryl methyl sites for hydroxylation is 2. The maximum Gasteiger partial charge on any atom is 0.261 e. The maximum absolute atomic E-state index is 12.4. The Bertz CT molecular complexity index is 947. The van der Waals surface area contributed by atoms with Crippen LogP contribution in [0.2, 0.25) is 0 Å². The Hall–Kier alpha value is -2.95. The molecule has 1 N–H and O–H groups in total. The number of amides is 1. The lowest BCUT2D eigenvalue weighted by Crippen LogP contribution is -2.29.